The third-order valence-electron chi connectivity index (χ3n) is 4.32. The number of nitrogens with one attached hydrogen (secondary N) is 2. The number of carbonyl (C=O) groups excluding carboxylic acids is 1. The molecule has 5 nitrogen and oxygen atoms in total. The maximum atomic E-state index is 12.1. The number of carbonyl (C=O) groups is 1. The Kier molecular flexibility index (Phi) is 6.10. The van der Waals surface area contributed by atoms with E-state index < -0.39 is 0 Å². The molecular formula is C19H32N4O. The fraction of sp³-hybridized carbons (Fsp3) is 0.632. The van der Waals surface area contributed by atoms with Crippen LogP contribution in [-0.2, 0) is 0 Å². The molecule has 0 bridgehead atoms. The van der Waals surface area contributed by atoms with Crippen LogP contribution in [0.15, 0.2) is 24.3 Å². The summed E-state index contributed by atoms with van der Waals surface area (Å²) in [6.07, 6.45) is 2.47. The first-order valence-corrected chi connectivity index (χ1v) is 8.83. The van der Waals surface area contributed by atoms with Crippen LogP contribution in [0.4, 0.5) is 10.5 Å². The first-order chi connectivity index (χ1) is 11.3. The molecule has 1 atom stereocenters. The van der Waals surface area contributed by atoms with Gasteiger partial charge in [0.15, 0.2) is 0 Å². The van der Waals surface area contributed by atoms with E-state index in [0.29, 0.717) is 6.54 Å². The van der Waals surface area contributed by atoms with E-state index in [2.05, 4.69) is 44.7 Å². The summed E-state index contributed by atoms with van der Waals surface area (Å²) in [5.74, 6) is 0. The molecule has 0 radical (unpaired) electrons. The van der Waals surface area contributed by atoms with Crippen molar-refractivity contribution in [3.63, 3.8) is 0 Å². The van der Waals surface area contributed by atoms with Crippen molar-refractivity contribution in [2.45, 2.75) is 45.2 Å². The van der Waals surface area contributed by atoms with Gasteiger partial charge in [-0.3, -0.25) is 4.90 Å². The van der Waals surface area contributed by atoms with Gasteiger partial charge in [-0.1, -0.05) is 12.1 Å². The van der Waals surface area contributed by atoms with Crippen LogP contribution in [0.2, 0.25) is 0 Å². The number of hydrogen-bond acceptors (Lipinski definition) is 3. The largest absolute Gasteiger partial charge is 0.378 e. The number of hydrogen-bond donors (Lipinski definition) is 2. The molecule has 1 aliphatic rings. The van der Waals surface area contributed by atoms with Crippen molar-refractivity contribution in [1.82, 2.24) is 15.5 Å². The molecule has 2 amide bonds. The second-order valence-electron chi connectivity index (χ2n) is 7.83. The molecule has 0 aromatic heterocycles. The Bertz CT molecular complexity index is 527. The quantitative estimate of drug-likeness (QED) is 0.871. The maximum absolute atomic E-state index is 12.1. The molecule has 1 saturated heterocycles. The SMILES string of the molecule is CN(C)c1ccc(C(CNC(=O)NC(C)(C)C)N2CCCC2)cc1. The predicted octanol–water partition coefficient (Wildman–Crippen LogP) is 2.99. The highest BCUT2D eigenvalue weighted by molar-refractivity contribution is 5.74. The van der Waals surface area contributed by atoms with Gasteiger partial charge in [0.1, 0.15) is 0 Å². The van der Waals surface area contributed by atoms with Crippen LogP contribution in [0.3, 0.4) is 0 Å². The summed E-state index contributed by atoms with van der Waals surface area (Å²) >= 11 is 0. The molecule has 5 heteroatoms. The Morgan fingerprint density at radius 2 is 1.75 bits per heavy atom. The number of benzene rings is 1. The fourth-order valence-corrected chi connectivity index (χ4v) is 3.08. The molecule has 0 saturated carbocycles. The summed E-state index contributed by atoms with van der Waals surface area (Å²) < 4.78 is 0. The van der Waals surface area contributed by atoms with Gasteiger partial charge in [-0.25, -0.2) is 4.79 Å². The number of anilines is 1. The lowest BCUT2D eigenvalue weighted by Crippen LogP contribution is -2.48. The van der Waals surface area contributed by atoms with Crippen molar-refractivity contribution < 1.29 is 4.79 Å². The Morgan fingerprint density at radius 3 is 2.25 bits per heavy atom. The second-order valence-corrected chi connectivity index (χ2v) is 7.83. The van der Waals surface area contributed by atoms with Crippen LogP contribution in [-0.4, -0.2) is 50.2 Å². The molecular weight excluding hydrogens is 300 g/mol. The summed E-state index contributed by atoms with van der Waals surface area (Å²) in [5.41, 5.74) is 2.23. The van der Waals surface area contributed by atoms with Gasteiger partial charge in [-0.05, 0) is 64.4 Å². The highest BCUT2D eigenvalue weighted by Crippen LogP contribution is 2.26. The van der Waals surface area contributed by atoms with Gasteiger partial charge in [0.25, 0.3) is 0 Å². The Balaban J connectivity index is 2.06. The minimum absolute atomic E-state index is 0.100. The third kappa shape index (κ3) is 5.41. The third-order valence-corrected chi connectivity index (χ3v) is 4.32. The van der Waals surface area contributed by atoms with E-state index in [-0.39, 0.29) is 17.6 Å². The number of urea groups is 1. The summed E-state index contributed by atoms with van der Waals surface area (Å²) in [7, 11) is 4.09. The highest BCUT2D eigenvalue weighted by atomic mass is 16.2. The summed E-state index contributed by atoms with van der Waals surface area (Å²) in [5, 5.41) is 6.02. The smallest absolute Gasteiger partial charge is 0.315 e. The minimum Gasteiger partial charge on any atom is -0.378 e. The van der Waals surface area contributed by atoms with Crippen LogP contribution in [0.1, 0.15) is 45.2 Å². The summed E-state index contributed by atoms with van der Waals surface area (Å²) in [6.45, 7) is 8.80. The van der Waals surface area contributed by atoms with Gasteiger partial charge >= 0.3 is 6.03 Å². The molecule has 2 N–H and O–H groups in total. The van der Waals surface area contributed by atoms with Gasteiger partial charge in [0.05, 0.1) is 6.04 Å². The van der Waals surface area contributed by atoms with Gasteiger partial charge in [-0.15, -0.1) is 0 Å². The van der Waals surface area contributed by atoms with E-state index in [1.165, 1.54) is 24.1 Å². The zero-order valence-corrected chi connectivity index (χ0v) is 15.7. The molecule has 1 aromatic carbocycles. The van der Waals surface area contributed by atoms with Crippen LogP contribution >= 0.6 is 0 Å². The van der Waals surface area contributed by atoms with Gasteiger partial charge in [0, 0.05) is 31.9 Å². The first kappa shape index (κ1) is 18.6. The standard InChI is InChI=1S/C19H32N4O/c1-19(2,3)21-18(24)20-14-17(23-12-6-7-13-23)15-8-10-16(11-9-15)22(4)5/h8-11,17H,6-7,12-14H2,1-5H3,(H2,20,21,24). The van der Waals surface area contributed by atoms with Crippen molar-refractivity contribution in [1.29, 1.82) is 0 Å². The van der Waals surface area contributed by atoms with Crippen LogP contribution in [0.25, 0.3) is 0 Å². The normalized spacial score (nSPS) is 16.7. The molecule has 1 unspecified atom stereocenters. The molecule has 0 spiro atoms. The van der Waals surface area contributed by atoms with Crippen molar-refractivity contribution in [3.05, 3.63) is 29.8 Å². The topological polar surface area (TPSA) is 47.6 Å². The van der Waals surface area contributed by atoms with Crippen molar-refractivity contribution in [2.75, 3.05) is 38.6 Å². The number of rotatable bonds is 5. The number of likely N-dealkylation sites (tertiary alicyclic amines) is 1. The Labute approximate surface area is 146 Å². The summed E-state index contributed by atoms with van der Waals surface area (Å²) in [6, 6.07) is 8.79. The van der Waals surface area contributed by atoms with Crippen LogP contribution in [0.5, 0.6) is 0 Å². The monoisotopic (exact) mass is 332 g/mol. The van der Waals surface area contributed by atoms with Gasteiger partial charge < -0.3 is 15.5 Å². The predicted molar refractivity (Wildman–Crippen MR) is 101 cm³/mol. The van der Waals surface area contributed by atoms with Crippen LogP contribution in [0, 0.1) is 0 Å². The fourth-order valence-electron chi connectivity index (χ4n) is 3.08. The van der Waals surface area contributed by atoms with E-state index in [4.69, 9.17) is 0 Å². The number of nitrogens with zero attached hydrogens (tertiary/aromatic N) is 2. The maximum Gasteiger partial charge on any atom is 0.315 e. The zero-order chi connectivity index (χ0) is 17.7. The van der Waals surface area contributed by atoms with Gasteiger partial charge in [-0.2, -0.15) is 0 Å². The average molecular weight is 332 g/mol. The number of amides is 2. The minimum atomic E-state index is -0.222. The molecule has 1 fully saturated rings. The van der Waals surface area contributed by atoms with Crippen molar-refractivity contribution in [2.24, 2.45) is 0 Å². The Morgan fingerprint density at radius 1 is 1.17 bits per heavy atom. The van der Waals surface area contributed by atoms with Crippen molar-refractivity contribution in [3.8, 4) is 0 Å². The lowest BCUT2D eigenvalue weighted by atomic mass is 10.0. The lowest BCUT2D eigenvalue weighted by Gasteiger charge is -2.29. The molecule has 1 heterocycles. The van der Waals surface area contributed by atoms with E-state index in [0.717, 1.165) is 13.1 Å². The molecule has 0 aliphatic carbocycles. The molecule has 1 aromatic rings. The van der Waals surface area contributed by atoms with Crippen molar-refractivity contribution >= 4 is 11.7 Å². The average Bonchev–Trinajstić information content (AvgIpc) is 3.00. The van der Waals surface area contributed by atoms with E-state index in [9.17, 15) is 4.79 Å². The highest BCUT2D eigenvalue weighted by Gasteiger charge is 2.24. The van der Waals surface area contributed by atoms with Gasteiger partial charge in [0.2, 0.25) is 0 Å². The molecule has 2 rings (SSSR count). The Hall–Kier alpha value is -1.75. The van der Waals surface area contributed by atoms with E-state index in [1.54, 1.807) is 0 Å². The van der Waals surface area contributed by atoms with E-state index in [1.807, 2.05) is 34.9 Å². The molecule has 1 aliphatic heterocycles. The molecule has 134 valence electrons. The molecule has 24 heavy (non-hydrogen) atoms. The zero-order valence-electron chi connectivity index (χ0n) is 15.7. The summed E-state index contributed by atoms with van der Waals surface area (Å²) in [4.78, 5) is 16.7. The van der Waals surface area contributed by atoms with E-state index >= 15 is 0 Å². The lowest BCUT2D eigenvalue weighted by molar-refractivity contribution is 0.215. The first-order valence-electron chi connectivity index (χ1n) is 8.83. The second kappa shape index (κ2) is 7.88. The van der Waals surface area contributed by atoms with Crippen LogP contribution < -0.4 is 15.5 Å².